The third-order valence-corrected chi connectivity index (χ3v) is 10.9. The maximum atomic E-state index is 11.3. The molecule has 4 aliphatic carbocycles. The molecule has 4 rings (SSSR count). The Morgan fingerprint density at radius 3 is 2.13 bits per heavy atom. The maximum Gasteiger partial charge on any atom is 0.397 e. The van der Waals surface area contributed by atoms with Crippen LogP contribution in [0.25, 0.3) is 0 Å². The molecule has 1 unspecified atom stereocenters. The summed E-state index contributed by atoms with van der Waals surface area (Å²) in [4.78, 5) is 0. The minimum absolute atomic E-state index is 0.000248. The molecule has 0 amide bonds. The summed E-state index contributed by atoms with van der Waals surface area (Å²) in [6.45, 7) is 6.39. The van der Waals surface area contributed by atoms with Crippen LogP contribution in [0.3, 0.4) is 0 Å². The second kappa shape index (κ2) is 7.91. The first-order chi connectivity index (χ1) is 14.2. The van der Waals surface area contributed by atoms with E-state index in [4.69, 9.17) is 17.5 Å². The zero-order chi connectivity index (χ0) is 22.8. The largest absolute Gasteiger partial charge is 0.397 e. The Bertz CT molecular complexity index is 902. The van der Waals surface area contributed by atoms with Gasteiger partial charge in [0.2, 0.25) is 0 Å². The van der Waals surface area contributed by atoms with Crippen molar-refractivity contribution >= 4 is 20.8 Å². The molecule has 0 aliphatic heterocycles. The van der Waals surface area contributed by atoms with Crippen LogP contribution in [0.15, 0.2) is 0 Å². The van der Waals surface area contributed by atoms with E-state index < -0.39 is 33.0 Å². The molecule has 0 radical (unpaired) electrons. The van der Waals surface area contributed by atoms with Crippen molar-refractivity contribution in [1.29, 1.82) is 0 Å². The van der Waals surface area contributed by atoms with Crippen LogP contribution in [-0.2, 0) is 29.2 Å². The topological polar surface area (TPSA) is 127 Å². The third kappa shape index (κ3) is 4.45. The van der Waals surface area contributed by atoms with E-state index >= 15 is 0 Å². The Morgan fingerprint density at radius 1 is 0.839 bits per heavy atom. The summed E-state index contributed by atoms with van der Waals surface area (Å²) in [7, 11) is -8.89. The first-order valence-corrected chi connectivity index (χ1v) is 14.3. The molecule has 0 aromatic heterocycles. The van der Waals surface area contributed by atoms with Crippen LogP contribution in [0.2, 0.25) is 0 Å². The van der Waals surface area contributed by atoms with Crippen LogP contribution in [0.4, 0.5) is 0 Å². The van der Waals surface area contributed by atoms with E-state index in [1.165, 1.54) is 0 Å². The van der Waals surface area contributed by atoms with Gasteiger partial charge in [-0.25, -0.2) is 8.37 Å². The molecule has 0 heterocycles. The Hall–Kier alpha value is -0.260. The van der Waals surface area contributed by atoms with Crippen molar-refractivity contribution in [1.82, 2.24) is 0 Å². The molecule has 31 heavy (non-hydrogen) atoms. The molecule has 4 fully saturated rings. The molecule has 0 bridgehead atoms. The molecule has 180 valence electrons. The van der Waals surface area contributed by atoms with Gasteiger partial charge < -0.3 is 0 Å². The lowest BCUT2D eigenvalue weighted by atomic mass is 9.44. The Labute approximate surface area is 186 Å². The normalized spacial score (nSPS) is 46.6. The van der Waals surface area contributed by atoms with Gasteiger partial charge in [-0.2, -0.15) is 16.8 Å². The fourth-order valence-corrected chi connectivity index (χ4v) is 9.59. The number of hydrogen-bond donors (Lipinski definition) is 2. The van der Waals surface area contributed by atoms with Gasteiger partial charge in [0, 0.05) is 0 Å². The number of fused-ring (bicyclic) bond motifs is 5. The van der Waals surface area contributed by atoms with Crippen LogP contribution in [0, 0.1) is 40.4 Å². The van der Waals surface area contributed by atoms with Crippen LogP contribution >= 0.6 is 0 Å². The van der Waals surface area contributed by atoms with Crippen molar-refractivity contribution in [2.24, 2.45) is 40.4 Å². The van der Waals surface area contributed by atoms with Crippen molar-refractivity contribution < 1.29 is 34.3 Å². The highest BCUT2D eigenvalue weighted by Crippen LogP contribution is 2.68. The third-order valence-electron chi connectivity index (χ3n) is 9.79. The monoisotopic (exact) mass is 480 g/mol. The molecule has 9 atom stereocenters. The number of hydrogen-bond acceptors (Lipinski definition) is 6. The summed E-state index contributed by atoms with van der Waals surface area (Å²) in [5, 5.41) is 0. The van der Waals surface area contributed by atoms with E-state index in [-0.39, 0.29) is 16.7 Å². The molecule has 2 N–H and O–H groups in total. The predicted molar refractivity (Wildman–Crippen MR) is 114 cm³/mol. The van der Waals surface area contributed by atoms with Crippen LogP contribution in [0.5, 0.6) is 0 Å². The fourth-order valence-electron chi connectivity index (χ4n) is 8.55. The minimum atomic E-state index is -4.47. The zero-order valence-electron chi connectivity index (χ0n) is 18.6. The second-order valence-electron chi connectivity index (χ2n) is 11.0. The Balaban J connectivity index is 1.50. The molecular formula is C21H36O8S2. The van der Waals surface area contributed by atoms with E-state index in [0.29, 0.717) is 36.5 Å². The molecule has 0 aromatic carbocycles. The molecule has 10 heteroatoms. The highest BCUT2D eigenvalue weighted by atomic mass is 32.3. The summed E-state index contributed by atoms with van der Waals surface area (Å²) < 4.78 is 73.0. The average Bonchev–Trinajstić information content (AvgIpc) is 2.97. The maximum absolute atomic E-state index is 11.3. The van der Waals surface area contributed by atoms with Crippen LogP contribution < -0.4 is 0 Å². The predicted octanol–water partition coefficient (Wildman–Crippen LogP) is 4.04. The van der Waals surface area contributed by atoms with Gasteiger partial charge in [-0.3, -0.25) is 9.11 Å². The molecule has 0 aromatic rings. The van der Waals surface area contributed by atoms with Gasteiger partial charge in [0.1, 0.15) is 0 Å². The minimum Gasteiger partial charge on any atom is -0.264 e. The molecule has 0 saturated heterocycles. The summed E-state index contributed by atoms with van der Waals surface area (Å²) in [5.41, 5.74) is 0.137. The van der Waals surface area contributed by atoms with Gasteiger partial charge >= 0.3 is 20.8 Å². The highest BCUT2D eigenvalue weighted by Gasteiger charge is 2.61. The van der Waals surface area contributed by atoms with Crippen LogP contribution in [0.1, 0.15) is 78.6 Å². The highest BCUT2D eigenvalue weighted by molar-refractivity contribution is 7.81. The van der Waals surface area contributed by atoms with E-state index in [1.807, 2.05) is 0 Å². The standard InChI is InChI=1S/C21H36O8S2/c1-13(28-30(22,23)24)17-6-7-18-16-5-4-14-12-15(29-31(25,26)27)8-10-20(14,2)19(16)9-11-21(17,18)3/h13-19H,4-12H2,1-3H3,(H,22,23,24)(H,25,26,27)/t13-,14+,15?,16+,17-,18+,19+,20+,21-/m1/s1. The van der Waals surface area contributed by atoms with Crippen molar-refractivity contribution in [2.45, 2.75) is 90.8 Å². The second-order valence-corrected chi connectivity index (χ2v) is 13.1. The van der Waals surface area contributed by atoms with Crippen molar-refractivity contribution in [3.05, 3.63) is 0 Å². The average molecular weight is 481 g/mol. The molecule has 4 aliphatic rings. The summed E-state index contributed by atoms with van der Waals surface area (Å²) in [6.07, 6.45) is 7.38. The Morgan fingerprint density at radius 2 is 1.48 bits per heavy atom. The molecule has 0 spiro atoms. The lowest BCUT2D eigenvalue weighted by Crippen LogP contribution is -2.54. The van der Waals surface area contributed by atoms with Gasteiger partial charge in [0.05, 0.1) is 12.2 Å². The van der Waals surface area contributed by atoms with Gasteiger partial charge in [-0.15, -0.1) is 0 Å². The SMILES string of the molecule is C[C@@H](OS(=O)(=O)O)[C@H]1CC[C@H]2[C@@H]3CC[C@H]4CC(OS(=O)(=O)O)CC[C@]4(C)[C@H]3CC[C@]12C. The van der Waals surface area contributed by atoms with E-state index in [9.17, 15) is 16.8 Å². The van der Waals surface area contributed by atoms with Crippen LogP contribution in [-0.4, -0.2) is 38.1 Å². The smallest absolute Gasteiger partial charge is 0.264 e. The van der Waals surface area contributed by atoms with E-state index in [2.05, 4.69) is 13.8 Å². The fraction of sp³-hybridized carbons (Fsp3) is 1.00. The van der Waals surface area contributed by atoms with Crippen molar-refractivity contribution in [3.8, 4) is 0 Å². The molecular weight excluding hydrogens is 444 g/mol. The van der Waals surface area contributed by atoms with Gasteiger partial charge in [0.15, 0.2) is 0 Å². The summed E-state index contributed by atoms with van der Waals surface area (Å²) >= 11 is 0. The summed E-state index contributed by atoms with van der Waals surface area (Å²) in [5.74, 6) is 2.13. The molecule has 8 nitrogen and oxygen atoms in total. The first-order valence-electron chi connectivity index (χ1n) is 11.5. The lowest BCUT2D eigenvalue weighted by Gasteiger charge is -2.61. The van der Waals surface area contributed by atoms with Gasteiger partial charge in [-0.1, -0.05) is 13.8 Å². The lowest BCUT2D eigenvalue weighted by molar-refractivity contribution is -0.129. The first kappa shape index (κ1) is 23.9. The van der Waals surface area contributed by atoms with Gasteiger partial charge in [0.25, 0.3) is 0 Å². The zero-order valence-corrected chi connectivity index (χ0v) is 20.2. The van der Waals surface area contributed by atoms with Crippen molar-refractivity contribution in [3.63, 3.8) is 0 Å². The quantitative estimate of drug-likeness (QED) is 0.564. The Kier molecular flexibility index (Phi) is 6.09. The number of rotatable bonds is 5. The summed E-state index contributed by atoms with van der Waals surface area (Å²) in [6, 6.07) is 0. The van der Waals surface area contributed by atoms with E-state index in [0.717, 1.165) is 44.9 Å². The van der Waals surface area contributed by atoms with Crippen molar-refractivity contribution in [2.75, 3.05) is 0 Å². The molecule has 4 saturated carbocycles. The van der Waals surface area contributed by atoms with E-state index in [1.54, 1.807) is 6.92 Å². The van der Waals surface area contributed by atoms with Gasteiger partial charge in [-0.05, 0) is 105 Å².